The number of Topliss-reactive ketones (excluding diaryl/α,β-unsaturated/α-hetero) is 1. The zero-order valence-corrected chi connectivity index (χ0v) is 20.4. The molecule has 0 bridgehead atoms. The molecule has 174 valence electrons. The molecule has 0 spiro atoms. The topological polar surface area (TPSA) is 37.3 Å². The second kappa shape index (κ2) is 8.12. The van der Waals surface area contributed by atoms with Gasteiger partial charge in [-0.3, -0.25) is 4.79 Å². The van der Waals surface area contributed by atoms with Crippen molar-refractivity contribution in [3.05, 3.63) is 47.5 Å². The lowest BCUT2D eigenvalue weighted by atomic mass is 9.46. The molecular weight excluding hydrogens is 392 g/mol. The van der Waals surface area contributed by atoms with E-state index in [9.17, 15) is 9.90 Å². The van der Waals surface area contributed by atoms with Crippen LogP contribution in [0.25, 0.3) is 0 Å². The maximum absolute atomic E-state index is 12.6. The predicted molar refractivity (Wildman–Crippen MR) is 130 cm³/mol. The third-order valence-electron chi connectivity index (χ3n) is 10.6. The Morgan fingerprint density at radius 2 is 1.78 bits per heavy atom. The third-order valence-corrected chi connectivity index (χ3v) is 10.6. The molecule has 0 aromatic heterocycles. The number of ketones is 1. The van der Waals surface area contributed by atoms with Gasteiger partial charge >= 0.3 is 0 Å². The minimum absolute atomic E-state index is 0.306. The van der Waals surface area contributed by atoms with E-state index in [-0.39, 0.29) is 0 Å². The molecule has 4 aliphatic carbocycles. The summed E-state index contributed by atoms with van der Waals surface area (Å²) >= 11 is 0. The van der Waals surface area contributed by atoms with Gasteiger partial charge in [0.2, 0.25) is 0 Å². The van der Waals surface area contributed by atoms with E-state index in [1.807, 2.05) is 37.3 Å². The highest BCUT2D eigenvalue weighted by atomic mass is 16.3. The normalized spacial score (nSPS) is 43.1. The summed E-state index contributed by atoms with van der Waals surface area (Å²) in [4.78, 5) is 12.6. The van der Waals surface area contributed by atoms with Gasteiger partial charge in [-0.1, -0.05) is 55.8 Å². The predicted octanol–water partition coefficient (Wildman–Crippen LogP) is 7.37. The van der Waals surface area contributed by atoms with Crippen LogP contribution in [0, 0.1) is 34.5 Å². The number of carbonyl (C=O) groups is 1. The lowest BCUT2D eigenvalue weighted by molar-refractivity contribution is -0.0660. The summed E-state index contributed by atoms with van der Waals surface area (Å²) in [5.74, 6) is 3.55. The Labute approximate surface area is 194 Å². The molecule has 7 atom stereocenters. The molecule has 0 saturated heterocycles. The summed E-state index contributed by atoms with van der Waals surface area (Å²) in [5, 5.41) is 10.7. The first-order chi connectivity index (χ1) is 15.2. The van der Waals surface area contributed by atoms with Gasteiger partial charge in [0.1, 0.15) is 0 Å². The number of aliphatic hydroxyl groups is 1. The quantitative estimate of drug-likeness (QED) is 0.388. The SMILES string of the molecule is CC12CC[C@](C)(O)CC1=CCC1C2CCC2(C)C(CCCC(=O)c3ccccc3)CCC12. The minimum atomic E-state index is -0.503. The van der Waals surface area contributed by atoms with Crippen LogP contribution < -0.4 is 0 Å². The summed E-state index contributed by atoms with van der Waals surface area (Å²) in [6, 6.07) is 9.81. The molecule has 1 aromatic rings. The van der Waals surface area contributed by atoms with E-state index in [2.05, 4.69) is 19.9 Å². The number of carbonyl (C=O) groups excluding carboxylic acids is 1. The van der Waals surface area contributed by atoms with Crippen molar-refractivity contribution in [2.75, 3.05) is 0 Å². The van der Waals surface area contributed by atoms with E-state index in [0.29, 0.717) is 23.0 Å². The molecule has 2 nitrogen and oxygen atoms in total. The van der Waals surface area contributed by atoms with Crippen molar-refractivity contribution in [1.82, 2.24) is 0 Å². The first-order valence-corrected chi connectivity index (χ1v) is 13.2. The van der Waals surface area contributed by atoms with Gasteiger partial charge < -0.3 is 5.11 Å². The van der Waals surface area contributed by atoms with Crippen molar-refractivity contribution in [3.63, 3.8) is 0 Å². The van der Waals surface area contributed by atoms with Gasteiger partial charge in [-0.25, -0.2) is 0 Å². The van der Waals surface area contributed by atoms with Crippen LogP contribution in [0.15, 0.2) is 42.0 Å². The first-order valence-electron chi connectivity index (χ1n) is 13.2. The molecule has 2 heteroatoms. The molecule has 3 fully saturated rings. The molecule has 1 aromatic carbocycles. The minimum Gasteiger partial charge on any atom is -0.390 e. The Hall–Kier alpha value is -1.41. The number of rotatable bonds is 5. The second-order valence-electron chi connectivity index (χ2n) is 12.4. The highest BCUT2D eigenvalue weighted by Gasteiger charge is 2.58. The Balaban J connectivity index is 1.25. The largest absolute Gasteiger partial charge is 0.390 e. The van der Waals surface area contributed by atoms with Crippen LogP contribution in [0.3, 0.4) is 0 Å². The van der Waals surface area contributed by atoms with Crippen molar-refractivity contribution < 1.29 is 9.90 Å². The molecule has 1 N–H and O–H groups in total. The lowest BCUT2D eigenvalue weighted by Crippen LogP contribution is -2.51. The van der Waals surface area contributed by atoms with Gasteiger partial charge in [-0.15, -0.1) is 0 Å². The van der Waals surface area contributed by atoms with Crippen LogP contribution in [0.1, 0.15) is 102 Å². The van der Waals surface area contributed by atoms with E-state index in [0.717, 1.165) is 54.9 Å². The molecule has 6 unspecified atom stereocenters. The number of hydrogen-bond donors (Lipinski definition) is 1. The van der Waals surface area contributed by atoms with Gasteiger partial charge in [-0.2, -0.15) is 0 Å². The first kappa shape index (κ1) is 22.4. The van der Waals surface area contributed by atoms with E-state index >= 15 is 0 Å². The van der Waals surface area contributed by atoms with Crippen LogP contribution in [0.4, 0.5) is 0 Å². The van der Waals surface area contributed by atoms with E-state index < -0.39 is 5.60 Å². The zero-order chi connectivity index (χ0) is 22.6. The summed E-state index contributed by atoms with van der Waals surface area (Å²) in [7, 11) is 0. The molecular formula is C30H42O2. The summed E-state index contributed by atoms with van der Waals surface area (Å²) in [5.41, 5.74) is 2.70. The fourth-order valence-corrected chi connectivity index (χ4v) is 8.66. The molecule has 0 aliphatic heterocycles. The summed E-state index contributed by atoms with van der Waals surface area (Å²) < 4.78 is 0. The van der Waals surface area contributed by atoms with Crippen LogP contribution in [0.5, 0.6) is 0 Å². The average Bonchev–Trinajstić information content (AvgIpc) is 3.11. The molecule has 4 aliphatic rings. The van der Waals surface area contributed by atoms with Gasteiger partial charge in [0.15, 0.2) is 5.78 Å². The Morgan fingerprint density at radius 1 is 1.00 bits per heavy atom. The highest BCUT2D eigenvalue weighted by molar-refractivity contribution is 5.95. The molecule has 0 amide bonds. The van der Waals surface area contributed by atoms with Gasteiger partial charge in [0.25, 0.3) is 0 Å². The molecule has 0 radical (unpaired) electrons. The van der Waals surface area contributed by atoms with Crippen LogP contribution >= 0.6 is 0 Å². The number of fused-ring (bicyclic) bond motifs is 5. The van der Waals surface area contributed by atoms with Gasteiger partial charge in [0.05, 0.1) is 5.60 Å². The van der Waals surface area contributed by atoms with Crippen molar-refractivity contribution in [3.8, 4) is 0 Å². The van der Waals surface area contributed by atoms with Gasteiger partial charge in [0, 0.05) is 12.0 Å². The van der Waals surface area contributed by atoms with E-state index in [1.54, 1.807) is 5.57 Å². The molecule has 3 saturated carbocycles. The fraction of sp³-hybridized carbons (Fsp3) is 0.700. The van der Waals surface area contributed by atoms with Crippen molar-refractivity contribution >= 4 is 5.78 Å². The average molecular weight is 435 g/mol. The van der Waals surface area contributed by atoms with E-state index in [4.69, 9.17) is 0 Å². The molecule has 0 heterocycles. The van der Waals surface area contributed by atoms with Crippen LogP contribution in [-0.2, 0) is 0 Å². The Kier molecular flexibility index (Phi) is 5.68. The van der Waals surface area contributed by atoms with Crippen LogP contribution in [0.2, 0.25) is 0 Å². The third kappa shape index (κ3) is 3.71. The zero-order valence-electron chi connectivity index (χ0n) is 20.4. The van der Waals surface area contributed by atoms with E-state index in [1.165, 1.54) is 38.5 Å². The number of allylic oxidation sites excluding steroid dienone is 1. The number of hydrogen-bond acceptors (Lipinski definition) is 2. The van der Waals surface area contributed by atoms with Gasteiger partial charge in [-0.05, 0) is 106 Å². The fourth-order valence-electron chi connectivity index (χ4n) is 8.66. The Morgan fingerprint density at radius 3 is 2.56 bits per heavy atom. The standard InChI is InChI=1S/C30H42O2/c1-28(32)18-19-30(3)23(20-28)12-14-24-25-15-13-22(29(25,2)17-16-26(24)30)10-7-11-27(31)21-8-5-4-6-9-21/h4-6,8-9,12,22,24-26,32H,7,10-11,13-20H2,1-3H3/t22?,24?,25?,26?,28-,29?,30?/m0/s1. The lowest BCUT2D eigenvalue weighted by Gasteiger charge is -2.59. The Bertz CT molecular complexity index is 883. The van der Waals surface area contributed by atoms with Crippen LogP contribution in [-0.4, -0.2) is 16.5 Å². The summed E-state index contributed by atoms with van der Waals surface area (Å²) in [6.45, 7) is 7.15. The smallest absolute Gasteiger partial charge is 0.162 e. The van der Waals surface area contributed by atoms with Crippen molar-refractivity contribution in [2.45, 2.75) is 97.0 Å². The van der Waals surface area contributed by atoms with Crippen molar-refractivity contribution in [1.29, 1.82) is 0 Å². The number of benzene rings is 1. The highest BCUT2D eigenvalue weighted by Crippen LogP contribution is 2.67. The maximum Gasteiger partial charge on any atom is 0.162 e. The summed E-state index contributed by atoms with van der Waals surface area (Å²) in [6.07, 6.45) is 15.1. The monoisotopic (exact) mass is 434 g/mol. The second-order valence-corrected chi connectivity index (χ2v) is 12.4. The molecule has 32 heavy (non-hydrogen) atoms. The molecule has 5 rings (SSSR count). The van der Waals surface area contributed by atoms with Crippen molar-refractivity contribution in [2.24, 2.45) is 34.5 Å². The maximum atomic E-state index is 12.6.